The van der Waals surface area contributed by atoms with Gasteiger partial charge in [-0.15, -0.1) is 0 Å². The average Bonchev–Trinajstić information content (AvgIpc) is 2.54. The van der Waals surface area contributed by atoms with E-state index < -0.39 is 0 Å². The lowest BCUT2D eigenvalue weighted by molar-refractivity contribution is -0.111. The molecule has 114 valence electrons. The summed E-state index contributed by atoms with van der Waals surface area (Å²) in [5.41, 5.74) is 2.27. The summed E-state index contributed by atoms with van der Waals surface area (Å²) >= 11 is 11.9. The fraction of sp³-hybridized carbons (Fsp3) is 0. The Balaban J connectivity index is 1.80. The van der Waals surface area contributed by atoms with Crippen molar-refractivity contribution in [3.8, 4) is 0 Å². The van der Waals surface area contributed by atoms with Gasteiger partial charge in [-0.05, 0) is 48.0 Å². The molecule has 0 bridgehead atoms. The zero-order valence-corrected chi connectivity index (χ0v) is 13.5. The molecule has 1 heterocycles. The molecule has 0 aliphatic rings. The first-order valence-corrected chi connectivity index (χ1v) is 7.67. The van der Waals surface area contributed by atoms with Crippen molar-refractivity contribution >= 4 is 51.8 Å². The highest BCUT2D eigenvalue weighted by atomic mass is 35.5. The van der Waals surface area contributed by atoms with Crippen molar-refractivity contribution in [1.82, 2.24) is 4.98 Å². The number of carbonyl (C=O) groups excluding carboxylic acids is 1. The number of amides is 1. The van der Waals surface area contributed by atoms with Crippen LogP contribution in [0.1, 0.15) is 5.56 Å². The third-order valence-electron chi connectivity index (χ3n) is 3.28. The second kappa shape index (κ2) is 6.82. The van der Waals surface area contributed by atoms with Crippen LogP contribution in [0.3, 0.4) is 0 Å². The Morgan fingerprint density at radius 2 is 1.96 bits per heavy atom. The molecule has 2 aromatic carbocycles. The SMILES string of the molecule is O=C(C=Cc1ccc(Cl)cc1Cl)Nc1cccc2ncccc12. The normalized spacial score (nSPS) is 11.0. The van der Waals surface area contributed by atoms with E-state index in [4.69, 9.17) is 23.2 Å². The van der Waals surface area contributed by atoms with Crippen molar-refractivity contribution in [3.05, 3.63) is 76.4 Å². The van der Waals surface area contributed by atoms with Gasteiger partial charge in [-0.1, -0.05) is 35.3 Å². The molecule has 1 amide bonds. The average molecular weight is 343 g/mol. The molecule has 3 rings (SSSR count). The molecule has 0 atom stereocenters. The van der Waals surface area contributed by atoms with Crippen LogP contribution in [0.15, 0.2) is 60.8 Å². The lowest BCUT2D eigenvalue weighted by Crippen LogP contribution is -2.08. The van der Waals surface area contributed by atoms with Gasteiger partial charge in [0.25, 0.3) is 0 Å². The van der Waals surface area contributed by atoms with Crippen molar-refractivity contribution < 1.29 is 4.79 Å². The predicted octanol–water partition coefficient (Wildman–Crippen LogP) is 5.19. The number of aromatic nitrogens is 1. The highest BCUT2D eigenvalue weighted by molar-refractivity contribution is 6.35. The van der Waals surface area contributed by atoms with Crippen LogP contribution in [-0.2, 0) is 4.79 Å². The largest absolute Gasteiger partial charge is 0.322 e. The molecule has 0 aliphatic carbocycles. The van der Waals surface area contributed by atoms with Crippen LogP contribution in [0.2, 0.25) is 10.0 Å². The lowest BCUT2D eigenvalue weighted by Gasteiger charge is -2.06. The van der Waals surface area contributed by atoms with Gasteiger partial charge in [0, 0.05) is 27.7 Å². The number of nitrogens with zero attached hydrogens (tertiary/aromatic N) is 1. The molecule has 0 spiro atoms. The Morgan fingerprint density at radius 1 is 1.09 bits per heavy atom. The standard InChI is InChI=1S/C18H12Cl2N2O/c19-13-8-6-12(15(20)11-13)7-9-18(23)22-17-5-1-4-16-14(17)3-2-10-21-16/h1-11H,(H,22,23). The quantitative estimate of drug-likeness (QED) is 0.665. The first-order chi connectivity index (χ1) is 11.1. The first kappa shape index (κ1) is 15.5. The zero-order chi connectivity index (χ0) is 16.2. The smallest absolute Gasteiger partial charge is 0.248 e. The Bertz CT molecular complexity index is 901. The van der Waals surface area contributed by atoms with Crippen LogP contribution in [-0.4, -0.2) is 10.9 Å². The summed E-state index contributed by atoms with van der Waals surface area (Å²) in [7, 11) is 0. The molecule has 0 saturated carbocycles. The maximum atomic E-state index is 12.1. The monoisotopic (exact) mass is 342 g/mol. The molecule has 0 fully saturated rings. The molecule has 0 radical (unpaired) electrons. The number of carbonyl (C=O) groups is 1. The summed E-state index contributed by atoms with van der Waals surface area (Å²) in [5.74, 6) is -0.243. The summed E-state index contributed by atoms with van der Waals surface area (Å²) in [6, 6.07) is 14.5. The first-order valence-electron chi connectivity index (χ1n) is 6.91. The van der Waals surface area contributed by atoms with Crippen molar-refractivity contribution in [2.75, 3.05) is 5.32 Å². The van der Waals surface area contributed by atoms with Gasteiger partial charge in [-0.3, -0.25) is 9.78 Å². The van der Waals surface area contributed by atoms with Crippen LogP contribution in [0.4, 0.5) is 5.69 Å². The van der Waals surface area contributed by atoms with Gasteiger partial charge in [-0.25, -0.2) is 0 Å². The second-order valence-electron chi connectivity index (χ2n) is 4.86. The Hall–Kier alpha value is -2.36. The molecule has 1 aromatic heterocycles. The molecular weight excluding hydrogens is 331 g/mol. The van der Waals surface area contributed by atoms with E-state index >= 15 is 0 Å². The number of benzene rings is 2. The van der Waals surface area contributed by atoms with E-state index in [1.165, 1.54) is 6.08 Å². The van der Waals surface area contributed by atoms with Gasteiger partial charge in [-0.2, -0.15) is 0 Å². The number of rotatable bonds is 3. The van der Waals surface area contributed by atoms with Crippen molar-refractivity contribution in [2.45, 2.75) is 0 Å². The Kier molecular flexibility index (Phi) is 4.60. The molecule has 23 heavy (non-hydrogen) atoms. The van der Waals surface area contributed by atoms with Gasteiger partial charge in [0.05, 0.1) is 11.2 Å². The minimum absolute atomic E-state index is 0.243. The van der Waals surface area contributed by atoms with E-state index in [2.05, 4.69) is 10.3 Å². The van der Waals surface area contributed by atoms with Crippen molar-refractivity contribution in [1.29, 1.82) is 0 Å². The van der Waals surface area contributed by atoms with E-state index in [1.54, 1.807) is 30.5 Å². The van der Waals surface area contributed by atoms with Gasteiger partial charge in [0.1, 0.15) is 0 Å². The van der Waals surface area contributed by atoms with Crippen molar-refractivity contribution in [3.63, 3.8) is 0 Å². The fourth-order valence-corrected chi connectivity index (χ4v) is 2.66. The number of halogens is 2. The van der Waals surface area contributed by atoms with Crippen LogP contribution in [0, 0.1) is 0 Å². The molecule has 1 N–H and O–H groups in total. The minimum atomic E-state index is -0.243. The lowest BCUT2D eigenvalue weighted by atomic mass is 10.1. The van der Waals surface area contributed by atoms with E-state index in [0.29, 0.717) is 15.7 Å². The summed E-state index contributed by atoms with van der Waals surface area (Å²) in [6.07, 6.45) is 4.80. The number of nitrogens with one attached hydrogen (secondary N) is 1. The topological polar surface area (TPSA) is 42.0 Å². The Morgan fingerprint density at radius 3 is 2.78 bits per heavy atom. The van der Waals surface area contributed by atoms with Crippen molar-refractivity contribution in [2.24, 2.45) is 0 Å². The molecule has 3 aromatic rings. The molecular formula is C18H12Cl2N2O. The molecule has 5 heteroatoms. The van der Waals surface area contributed by atoms with Gasteiger partial charge >= 0.3 is 0 Å². The maximum Gasteiger partial charge on any atom is 0.248 e. The molecule has 0 aliphatic heterocycles. The van der Waals surface area contributed by atoms with Gasteiger partial charge in [0.15, 0.2) is 0 Å². The highest BCUT2D eigenvalue weighted by Gasteiger charge is 2.04. The van der Waals surface area contributed by atoms with Crippen LogP contribution in [0.5, 0.6) is 0 Å². The minimum Gasteiger partial charge on any atom is -0.322 e. The zero-order valence-electron chi connectivity index (χ0n) is 12.0. The summed E-state index contributed by atoms with van der Waals surface area (Å²) in [4.78, 5) is 16.4. The van der Waals surface area contributed by atoms with Gasteiger partial charge < -0.3 is 5.32 Å². The van der Waals surface area contributed by atoms with Crippen LogP contribution >= 0.6 is 23.2 Å². The van der Waals surface area contributed by atoms with E-state index in [1.807, 2.05) is 30.3 Å². The van der Waals surface area contributed by atoms with E-state index in [-0.39, 0.29) is 5.91 Å². The highest BCUT2D eigenvalue weighted by Crippen LogP contribution is 2.23. The summed E-state index contributed by atoms with van der Waals surface area (Å²) < 4.78 is 0. The number of fused-ring (bicyclic) bond motifs is 1. The molecule has 0 saturated heterocycles. The molecule has 0 unspecified atom stereocenters. The third-order valence-corrected chi connectivity index (χ3v) is 3.84. The van der Waals surface area contributed by atoms with E-state index in [9.17, 15) is 4.79 Å². The fourth-order valence-electron chi connectivity index (χ4n) is 2.19. The van der Waals surface area contributed by atoms with Crippen LogP contribution in [0.25, 0.3) is 17.0 Å². The van der Waals surface area contributed by atoms with Crippen LogP contribution < -0.4 is 5.32 Å². The van der Waals surface area contributed by atoms with Gasteiger partial charge in [0.2, 0.25) is 5.91 Å². The summed E-state index contributed by atoms with van der Waals surface area (Å²) in [5, 5.41) is 4.79. The number of pyridine rings is 1. The predicted molar refractivity (Wildman–Crippen MR) is 95.9 cm³/mol. The third kappa shape index (κ3) is 3.70. The maximum absolute atomic E-state index is 12.1. The second-order valence-corrected chi connectivity index (χ2v) is 5.71. The number of anilines is 1. The summed E-state index contributed by atoms with van der Waals surface area (Å²) in [6.45, 7) is 0. The number of hydrogen-bond acceptors (Lipinski definition) is 2. The molecule has 3 nitrogen and oxygen atoms in total. The van der Waals surface area contributed by atoms with E-state index in [0.717, 1.165) is 16.5 Å². The number of hydrogen-bond donors (Lipinski definition) is 1. The Labute approximate surface area is 143 Å².